The fourth-order valence-corrected chi connectivity index (χ4v) is 4.92. The molecule has 7 heteroatoms. The van der Waals surface area contributed by atoms with Crippen LogP contribution in [0.3, 0.4) is 0 Å². The molecule has 1 aliphatic carbocycles. The number of aromatic nitrogens is 2. The molecule has 1 aromatic heterocycles. The number of phenolic OH excluding ortho intramolecular Hbond substituents is 1. The van der Waals surface area contributed by atoms with Gasteiger partial charge in [0.1, 0.15) is 11.6 Å². The highest BCUT2D eigenvalue weighted by atomic mass is 32.2. The van der Waals surface area contributed by atoms with E-state index in [1.807, 2.05) is 10.7 Å². The normalized spacial score (nSPS) is 21.4. The van der Waals surface area contributed by atoms with Crippen LogP contribution in [0, 0.1) is 0 Å². The molecule has 1 fully saturated rings. The average molecular weight is 359 g/mol. The van der Waals surface area contributed by atoms with Crippen molar-refractivity contribution in [2.24, 2.45) is 0 Å². The number of thioether (sulfide) groups is 1. The summed E-state index contributed by atoms with van der Waals surface area (Å²) >= 11 is 1.41. The Labute approximate surface area is 149 Å². The number of H-pyrrole nitrogens is 1. The summed E-state index contributed by atoms with van der Waals surface area (Å²) in [7, 11) is 0. The molecule has 0 radical (unpaired) electrons. The largest absolute Gasteiger partial charge is 0.508 e. The van der Waals surface area contributed by atoms with Crippen molar-refractivity contribution >= 4 is 23.5 Å². The number of amides is 1. The summed E-state index contributed by atoms with van der Waals surface area (Å²) in [5.74, 6) is 0.933. The van der Waals surface area contributed by atoms with Gasteiger partial charge >= 0.3 is 0 Å². The van der Waals surface area contributed by atoms with E-state index in [-0.39, 0.29) is 34.3 Å². The highest BCUT2D eigenvalue weighted by Crippen LogP contribution is 2.42. The lowest BCUT2D eigenvalue weighted by molar-refractivity contribution is -0.113. The number of benzene rings is 1. The number of hydrogen-bond donors (Lipinski definition) is 3. The van der Waals surface area contributed by atoms with Crippen molar-refractivity contribution in [2.45, 2.75) is 43.4 Å². The predicted molar refractivity (Wildman–Crippen MR) is 98.2 cm³/mol. The molecule has 0 saturated heterocycles. The van der Waals surface area contributed by atoms with Gasteiger partial charge in [-0.1, -0.05) is 31.4 Å². The molecule has 132 valence electrons. The first-order chi connectivity index (χ1) is 12.1. The van der Waals surface area contributed by atoms with E-state index in [1.54, 1.807) is 18.2 Å². The maximum absolute atomic E-state index is 12.8. The number of carbonyl (C=O) groups is 1. The Hall–Kier alpha value is -2.15. The van der Waals surface area contributed by atoms with Crippen LogP contribution in [-0.4, -0.2) is 26.5 Å². The van der Waals surface area contributed by atoms with Crippen molar-refractivity contribution in [3.05, 3.63) is 45.7 Å². The Morgan fingerprint density at radius 3 is 2.72 bits per heavy atom. The number of phenols is 1. The summed E-state index contributed by atoms with van der Waals surface area (Å²) in [6, 6.07) is 7.13. The van der Waals surface area contributed by atoms with E-state index in [0.717, 1.165) is 31.2 Å². The van der Waals surface area contributed by atoms with Gasteiger partial charge in [-0.05, 0) is 30.5 Å². The van der Waals surface area contributed by atoms with Crippen LogP contribution in [-0.2, 0) is 4.79 Å². The Kier molecular flexibility index (Phi) is 4.33. The number of hydrogen-bond acceptors (Lipinski definition) is 4. The molecule has 1 amide bonds. The van der Waals surface area contributed by atoms with Crippen LogP contribution in [0.25, 0.3) is 0 Å². The van der Waals surface area contributed by atoms with Gasteiger partial charge in [0, 0.05) is 0 Å². The third-order valence-corrected chi connectivity index (χ3v) is 6.25. The van der Waals surface area contributed by atoms with Gasteiger partial charge in [0.05, 0.1) is 22.6 Å². The van der Waals surface area contributed by atoms with Gasteiger partial charge in [0.2, 0.25) is 5.91 Å². The second-order valence-corrected chi connectivity index (χ2v) is 7.79. The first kappa shape index (κ1) is 16.3. The number of aromatic hydroxyl groups is 1. The lowest BCUT2D eigenvalue weighted by atomic mass is 9.95. The summed E-state index contributed by atoms with van der Waals surface area (Å²) < 4.78 is 1.87. The number of nitrogens with zero attached hydrogens (tertiary/aromatic N) is 1. The minimum absolute atomic E-state index is 0.0996. The summed E-state index contributed by atoms with van der Waals surface area (Å²) in [4.78, 5) is 25.0. The smallest absolute Gasteiger partial charge is 0.270 e. The van der Waals surface area contributed by atoms with Crippen LogP contribution in [0.5, 0.6) is 5.75 Å². The second-order valence-electron chi connectivity index (χ2n) is 6.70. The Morgan fingerprint density at radius 2 is 1.96 bits per heavy atom. The van der Waals surface area contributed by atoms with E-state index in [1.165, 1.54) is 18.2 Å². The standard InChI is InChI=1S/C18H21N3O3S/c22-13-8-4-5-11(9-13)16-15-17(19-14(23)10-25-16)21(20-18(15)24)12-6-2-1-3-7-12/h4-5,8-9,12,16,22H,1-3,6-7,10H2,(H,19,23)(H,20,24)/t16-/m1/s1. The molecule has 2 aliphatic rings. The molecular formula is C18H21N3O3S. The number of rotatable bonds is 2. The predicted octanol–water partition coefficient (Wildman–Crippen LogP) is 3.16. The maximum Gasteiger partial charge on any atom is 0.270 e. The van der Waals surface area contributed by atoms with Crippen molar-refractivity contribution in [1.29, 1.82) is 0 Å². The van der Waals surface area contributed by atoms with E-state index in [2.05, 4.69) is 10.4 Å². The molecule has 3 N–H and O–H groups in total. The molecule has 1 atom stereocenters. The van der Waals surface area contributed by atoms with Gasteiger partial charge < -0.3 is 10.4 Å². The zero-order valence-electron chi connectivity index (χ0n) is 13.8. The molecule has 1 aromatic carbocycles. The number of nitrogens with one attached hydrogen (secondary N) is 2. The van der Waals surface area contributed by atoms with E-state index in [9.17, 15) is 14.7 Å². The van der Waals surface area contributed by atoms with Gasteiger partial charge in [0.15, 0.2) is 0 Å². The van der Waals surface area contributed by atoms with E-state index in [4.69, 9.17) is 0 Å². The molecule has 2 aromatic rings. The SMILES string of the molecule is O=C1CS[C@H](c2cccc(O)c2)c2c(n(C3CCCCC3)[nH]c2=O)N1. The molecule has 1 saturated carbocycles. The number of aromatic amines is 1. The minimum Gasteiger partial charge on any atom is -0.508 e. The fourth-order valence-electron chi connectivity index (χ4n) is 3.81. The zero-order valence-corrected chi connectivity index (χ0v) is 14.6. The second kappa shape index (κ2) is 6.63. The van der Waals surface area contributed by atoms with Crippen LogP contribution < -0.4 is 10.9 Å². The summed E-state index contributed by atoms with van der Waals surface area (Å²) in [6.07, 6.45) is 5.52. The van der Waals surface area contributed by atoms with Gasteiger partial charge in [-0.3, -0.25) is 19.4 Å². The maximum atomic E-state index is 12.8. The highest BCUT2D eigenvalue weighted by Gasteiger charge is 2.32. The molecule has 0 unspecified atom stereocenters. The van der Waals surface area contributed by atoms with Crippen LogP contribution >= 0.6 is 11.8 Å². The lowest BCUT2D eigenvalue weighted by Gasteiger charge is -2.24. The first-order valence-electron chi connectivity index (χ1n) is 8.68. The van der Waals surface area contributed by atoms with Crippen molar-refractivity contribution in [3.63, 3.8) is 0 Å². The van der Waals surface area contributed by atoms with Crippen molar-refractivity contribution < 1.29 is 9.90 Å². The third-order valence-electron chi connectivity index (χ3n) is 4.98. The molecular weight excluding hydrogens is 338 g/mol. The Morgan fingerprint density at radius 1 is 1.16 bits per heavy atom. The number of fused-ring (bicyclic) bond motifs is 1. The van der Waals surface area contributed by atoms with Gasteiger partial charge in [-0.2, -0.15) is 0 Å². The van der Waals surface area contributed by atoms with Crippen LogP contribution in [0.1, 0.15) is 54.5 Å². The molecule has 0 bridgehead atoms. The van der Waals surface area contributed by atoms with Crippen LogP contribution in [0.4, 0.5) is 5.82 Å². The molecule has 2 heterocycles. The monoisotopic (exact) mass is 359 g/mol. The zero-order chi connectivity index (χ0) is 17.4. The molecule has 0 spiro atoms. The lowest BCUT2D eigenvalue weighted by Crippen LogP contribution is -2.21. The number of anilines is 1. The quantitative estimate of drug-likeness (QED) is 0.769. The minimum atomic E-state index is -0.283. The summed E-state index contributed by atoms with van der Waals surface area (Å²) in [5, 5.41) is 15.4. The van der Waals surface area contributed by atoms with Crippen molar-refractivity contribution in [3.8, 4) is 5.75 Å². The Balaban J connectivity index is 1.82. The number of carbonyl (C=O) groups excluding carboxylic acids is 1. The topological polar surface area (TPSA) is 87.1 Å². The van der Waals surface area contributed by atoms with Crippen LogP contribution in [0.2, 0.25) is 0 Å². The summed E-state index contributed by atoms with van der Waals surface area (Å²) in [6.45, 7) is 0. The van der Waals surface area contributed by atoms with Gasteiger partial charge in [-0.25, -0.2) is 0 Å². The van der Waals surface area contributed by atoms with Crippen LogP contribution in [0.15, 0.2) is 29.1 Å². The molecule has 25 heavy (non-hydrogen) atoms. The average Bonchev–Trinajstić information content (AvgIpc) is 2.82. The van der Waals surface area contributed by atoms with Crippen molar-refractivity contribution in [1.82, 2.24) is 9.78 Å². The van der Waals surface area contributed by atoms with Crippen molar-refractivity contribution in [2.75, 3.05) is 11.1 Å². The molecule has 1 aliphatic heterocycles. The van der Waals surface area contributed by atoms with Gasteiger partial charge in [0.25, 0.3) is 5.56 Å². The fraction of sp³-hybridized carbons (Fsp3) is 0.444. The third kappa shape index (κ3) is 3.08. The molecule has 4 rings (SSSR count). The van der Waals surface area contributed by atoms with E-state index >= 15 is 0 Å². The first-order valence-corrected chi connectivity index (χ1v) is 9.73. The van der Waals surface area contributed by atoms with E-state index < -0.39 is 0 Å². The summed E-state index contributed by atoms with van der Waals surface area (Å²) in [5.41, 5.74) is 1.24. The van der Waals surface area contributed by atoms with E-state index in [0.29, 0.717) is 11.4 Å². The highest BCUT2D eigenvalue weighted by molar-refractivity contribution is 8.00. The molecule has 6 nitrogen and oxygen atoms in total. The Bertz CT molecular complexity index is 851. The van der Waals surface area contributed by atoms with Gasteiger partial charge in [-0.15, -0.1) is 11.8 Å².